The number of nitrogens with one attached hydrogen (secondary N) is 1. The van der Waals surface area contributed by atoms with Crippen LogP contribution in [0.1, 0.15) is 32.4 Å². The van der Waals surface area contributed by atoms with E-state index in [0.29, 0.717) is 6.54 Å². The van der Waals surface area contributed by atoms with Gasteiger partial charge in [-0.3, -0.25) is 4.79 Å². The van der Waals surface area contributed by atoms with Gasteiger partial charge in [-0.2, -0.15) is 0 Å². The van der Waals surface area contributed by atoms with E-state index in [1.807, 2.05) is 32.0 Å². The lowest BCUT2D eigenvalue weighted by atomic mass is 9.97. The molecule has 1 aromatic carbocycles. The van der Waals surface area contributed by atoms with Crippen LogP contribution in [0.5, 0.6) is 0 Å². The minimum Gasteiger partial charge on any atom is -0.389 e. The smallest absolute Gasteiger partial charge is 0.245 e. The number of benzene rings is 1. The number of rotatable bonds is 2. The molecule has 0 radical (unpaired) electrons. The summed E-state index contributed by atoms with van der Waals surface area (Å²) in [5.41, 5.74) is 1.26. The van der Waals surface area contributed by atoms with Crippen molar-refractivity contribution in [1.82, 2.24) is 5.32 Å². The predicted molar refractivity (Wildman–Crippen MR) is 79.2 cm³/mol. The van der Waals surface area contributed by atoms with Crippen LogP contribution < -0.4 is 10.2 Å². The zero-order valence-corrected chi connectivity index (χ0v) is 13.0. The first kappa shape index (κ1) is 14.3. The van der Waals surface area contributed by atoms with Crippen LogP contribution >= 0.6 is 15.9 Å². The maximum Gasteiger partial charge on any atom is 0.245 e. The third kappa shape index (κ3) is 2.62. The van der Waals surface area contributed by atoms with E-state index in [1.54, 1.807) is 6.92 Å². The van der Waals surface area contributed by atoms with Crippen molar-refractivity contribution < 1.29 is 9.90 Å². The Morgan fingerprint density at radius 2 is 2.16 bits per heavy atom. The molecule has 19 heavy (non-hydrogen) atoms. The maximum absolute atomic E-state index is 12.0. The average Bonchev–Trinajstić information content (AvgIpc) is 2.33. The summed E-state index contributed by atoms with van der Waals surface area (Å²) in [5.74, 6) is 0.0326. The van der Waals surface area contributed by atoms with Gasteiger partial charge in [-0.25, -0.2) is 0 Å². The molecule has 5 heteroatoms. The van der Waals surface area contributed by atoms with E-state index < -0.39 is 11.6 Å². The molecule has 1 amide bonds. The molecule has 0 aromatic heterocycles. The molecule has 4 nitrogen and oxygen atoms in total. The van der Waals surface area contributed by atoms with Gasteiger partial charge in [-0.05, 0) is 54.4 Å². The molecule has 1 saturated heterocycles. The first-order chi connectivity index (χ1) is 8.84. The van der Waals surface area contributed by atoms with Crippen LogP contribution in [-0.4, -0.2) is 29.6 Å². The topological polar surface area (TPSA) is 52.6 Å². The number of carbonyl (C=O) groups excluding carboxylic acids is 1. The molecule has 1 aliphatic heterocycles. The molecule has 1 heterocycles. The van der Waals surface area contributed by atoms with E-state index in [0.717, 1.165) is 22.3 Å². The zero-order chi connectivity index (χ0) is 14.2. The monoisotopic (exact) mass is 326 g/mol. The summed E-state index contributed by atoms with van der Waals surface area (Å²) in [6.45, 7) is 6.98. The van der Waals surface area contributed by atoms with Crippen LogP contribution in [0.3, 0.4) is 0 Å². The number of amides is 1. The molecule has 0 aliphatic carbocycles. The maximum atomic E-state index is 12.0. The number of aliphatic hydroxyl groups is 1. The summed E-state index contributed by atoms with van der Waals surface area (Å²) >= 11 is 3.54. The summed E-state index contributed by atoms with van der Waals surface area (Å²) in [7, 11) is 0. The van der Waals surface area contributed by atoms with Gasteiger partial charge in [0.15, 0.2) is 0 Å². The number of hydrogen-bond donors (Lipinski definition) is 2. The van der Waals surface area contributed by atoms with Gasteiger partial charge in [0.25, 0.3) is 0 Å². The van der Waals surface area contributed by atoms with Gasteiger partial charge in [0, 0.05) is 17.6 Å². The van der Waals surface area contributed by atoms with Crippen molar-refractivity contribution in [2.24, 2.45) is 0 Å². The Hall–Kier alpha value is -1.07. The van der Waals surface area contributed by atoms with Gasteiger partial charge in [0.2, 0.25) is 5.91 Å². The largest absolute Gasteiger partial charge is 0.389 e. The van der Waals surface area contributed by atoms with Crippen LogP contribution in [0.2, 0.25) is 0 Å². The normalized spacial score (nSPS) is 20.1. The van der Waals surface area contributed by atoms with Gasteiger partial charge in [0.05, 0.1) is 11.8 Å². The highest BCUT2D eigenvalue weighted by atomic mass is 79.9. The Kier molecular flexibility index (Phi) is 3.87. The van der Waals surface area contributed by atoms with Crippen molar-refractivity contribution in [1.29, 1.82) is 0 Å². The molecule has 1 fully saturated rings. The summed E-state index contributed by atoms with van der Waals surface area (Å²) in [6, 6.07) is 5.75. The number of piperazine rings is 1. The second kappa shape index (κ2) is 5.13. The summed E-state index contributed by atoms with van der Waals surface area (Å²) in [6.07, 6.45) is -0.497. The molecule has 104 valence electrons. The van der Waals surface area contributed by atoms with Crippen molar-refractivity contribution >= 4 is 27.5 Å². The van der Waals surface area contributed by atoms with Crippen molar-refractivity contribution in [3.05, 3.63) is 28.2 Å². The quantitative estimate of drug-likeness (QED) is 0.876. The van der Waals surface area contributed by atoms with Gasteiger partial charge >= 0.3 is 0 Å². The minimum atomic E-state index is -0.576. The Morgan fingerprint density at radius 1 is 1.47 bits per heavy atom. The lowest BCUT2D eigenvalue weighted by Crippen LogP contribution is -2.62. The third-order valence-corrected chi connectivity index (χ3v) is 4.23. The number of aliphatic hydroxyl groups excluding tert-OH is 1. The number of nitrogens with zero attached hydrogens (tertiary/aromatic N) is 1. The number of halogens is 1. The lowest BCUT2D eigenvalue weighted by molar-refractivity contribution is -0.126. The van der Waals surface area contributed by atoms with Crippen LogP contribution in [0, 0.1) is 0 Å². The van der Waals surface area contributed by atoms with Gasteiger partial charge < -0.3 is 15.3 Å². The lowest BCUT2D eigenvalue weighted by Gasteiger charge is -2.43. The van der Waals surface area contributed by atoms with Gasteiger partial charge in [-0.1, -0.05) is 6.07 Å². The molecular weight excluding hydrogens is 308 g/mol. The van der Waals surface area contributed by atoms with E-state index >= 15 is 0 Å². The predicted octanol–water partition coefficient (Wildman–Crippen LogP) is 2.22. The number of anilines is 1. The molecule has 2 N–H and O–H groups in total. The molecule has 1 aromatic rings. The summed E-state index contributed by atoms with van der Waals surface area (Å²) in [5, 5.41) is 12.5. The second-order valence-electron chi connectivity index (χ2n) is 5.35. The SMILES string of the molecule is C[C@@H](O)c1ccc(N2CCNC(=O)C2(C)C)c(Br)c1. The number of hydrogen-bond acceptors (Lipinski definition) is 3. The van der Waals surface area contributed by atoms with E-state index in [1.165, 1.54) is 0 Å². The molecule has 0 spiro atoms. The van der Waals surface area contributed by atoms with E-state index in [2.05, 4.69) is 26.1 Å². The Balaban J connectivity index is 2.38. The zero-order valence-electron chi connectivity index (χ0n) is 11.4. The van der Waals surface area contributed by atoms with E-state index in [9.17, 15) is 9.90 Å². The average molecular weight is 327 g/mol. The summed E-state index contributed by atoms with van der Waals surface area (Å²) < 4.78 is 0.897. The molecule has 1 aliphatic rings. The minimum absolute atomic E-state index is 0.0326. The molecule has 1 atom stereocenters. The van der Waals surface area contributed by atoms with Crippen molar-refractivity contribution in [2.45, 2.75) is 32.4 Å². The van der Waals surface area contributed by atoms with Crippen molar-refractivity contribution in [2.75, 3.05) is 18.0 Å². The Morgan fingerprint density at radius 3 is 2.74 bits per heavy atom. The fourth-order valence-electron chi connectivity index (χ4n) is 2.32. The van der Waals surface area contributed by atoms with Crippen LogP contribution in [-0.2, 0) is 4.79 Å². The first-order valence-corrected chi connectivity index (χ1v) is 7.17. The first-order valence-electron chi connectivity index (χ1n) is 6.37. The summed E-state index contributed by atoms with van der Waals surface area (Å²) in [4.78, 5) is 14.1. The van der Waals surface area contributed by atoms with Crippen LogP contribution in [0.25, 0.3) is 0 Å². The fraction of sp³-hybridized carbons (Fsp3) is 0.500. The number of carbonyl (C=O) groups is 1. The van der Waals surface area contributed by atoms with E-state index in [4.69, 9.17) is 0 Å². The molecule has 0 bridgehead atoms. The Labute approximate surface area is 121 Å². The van der Waals surface area contributed by atoms with Crippen LogP contribution in [0.15, 0.2) is 22.7 Å². The highest BCUT2D eigenvalue weighted by Gasteiger charge is 2.38. The fourth-order valence-corrected chi connectivity index (χ4v) is 2.93. The van der Waals surface area contributed by atoms with Crippen LogP contribution in [0.4, 0.5) is 5.69 Å². The van der Waals surface area contributed by atoms with Crippen molar-refractivity contribution in [3.8, 4) is 0 Å². The molecular formula is C14H19BrN2O2. The van der Waals surface area contributed by atoms with Crippen molar-refractivity contribution in [3.63, 3.8) is 0 Å². The highest BCUT2D eigenvalue weighted by Crippen LogP contribution is 2.34. The Bertz CT molecular complexity index is 500. The van der Waals surface area contributed by atoms with Gasteiger partial charge in [0.1, 0.15) is 5.54 Å². The van der Waals surface area contributed by atoms with E-state index in [-0.39, 0.29) is 5.91 Å². The van der Waals surface area contributed by atoms with Gasteiger partial charge in [-0.15, -0.1) is 0 Å². The molecule has 2 rings (SSSR count). The standard InChI is InChI=1S/C14H19BrN2O2/c1-9(18)10-4-5-12(11(15)8-10)17-7-6-16-13(19)14(17,2)3/h4-5,8-9,18H,6-7H2,1-3H3,(H,16,19)/t9-/m1/s1. The third-order valence-electron chi connectivity index (χ3n) is 3.60. The second-order valence-corrected chi connectivity index (χ2v) is 6.21. The molecule has 0 unspecified atom stereocenters. The molecule has 0 saturated carbocycles. The highest BCUT2D eigenvalue weighted by molar-refractivity contribution is 9.10.